The number of piperidine rings is 1. The van der Waals surface area contributed by atoms with E-state index in [1.54, 1.807) is 17.0 Å². The molecule has 3 heteroatoms. The smallest absolute Gasteiger partial charge is 0.227 e. The molecule has 17 heavy (non-hydrogen) atoms. The van der Waals surface area contributed by atoms with Gasteiger partial charge in [-0.05, 0) is 36.5 Å². The molecule has 0 aromatic heterocycles. The predicted octanol–water partition coefficient (Wildman–Crippen LogP) is 3.47. The van der Waals surface area contributed by atoms with Gasteiger partial charge in [0, 0.05) is 13.0 Å². The predicted molar refractivity (Wildman–Crippen MR) is 66.7 cm³/mol. The molecule has 0 N–H and O–H groups in total. The molecule has 1 aliphatic heterocycles. The second-order valence-corrected chi connectivity index (χ2v) is 4.87. The summed E-state index contributed by atoms with van der Waals surface area (Å²) in [6.07, 6.45) is 2.41. The quantitative estimate of drug-likeness (QED) is 0.768. The average Bonchev–Trinajstić information content (AvgIpc) is 2.30. The van der Waals surface area contributed by atoms with E-state index in [-0.39, 0.29) is 11.7 Å². The minimum absolute atomic E-state index is 0.0347. The van der Waals surface area contributed by atoms with E-state index in [4.69, 9.17) is 0 Å². The standard InChI is InChI=1S/C14H18FNO/c1-10(2)11-6-7-13(12(15)9-11)16-8-4-3-5-14(16)17/h6-7,9-10H,3-5,8H2,1-2H3. The first-order valence-corrected chi connectivity index (χ1v) is 6.19. The summed E-state index contributed by atoms with van der Waals surface area (Å²) < 4.78 is 14.0. The average molecular weight is 235 g/mol. The Balaban J connectivity index is 2.29. The fraction of sp³-hybridized carbons (Fsp3) is 0.500. The van der Waals surface area contributed by atoms with E-state index in [9.17, 15) is 9.18 Å². The Morgan fingerprint density at radius 1 is 1.29 bits per heavy atom. The molecule has 0 radical (unpaired) electrons. The highest BCUT2D eigenvalue weighted by molar-refractivity contribution is 5.94. The molecule has 92 valence electrons. The number of amides is 1. The Bertz CT molecular complexity index is 428. The molecule has 2 nitrogen and oxygen atoms in total. The minimum atomic E-state index is -0.286. The van der Waals surface area contributed by atoms with E-state index >= 15 is 0 Å². The van der Waals surface area contributed by atoms with Crippen molar-refractivity contribution >= 4 is 11.6 Å². The number of benzene rings is 1. The zero-order valence-corrected chi connectivity index (χ0v) is 10.4. The second-order valence-electron chi connectivity index (χ2n) is 4.87. The molecule has 0 bridgehead atoms. The van der Waals surface area contributed by atoms with Gasteiger partial charge >= 0.3 is 0 Å². The summed E-state index contributed by atoms with van der Waals surface area (Å²) >= 11 is 0. The Hall–Kier alpha value is -1.38. The lowest BCUT2D eigenvalue weighted by Gasteiger charge is -2.27. The van der Waals surface area contributed by atoms with E-state index in [0.29, 0.717) is 24.6 Å². The van der Waals surface area contributed by atoms with Crippen molar-refractivity contribution in [3.63, 3.8) is 0 Å². The number of carbonyl (C=O) groups is 1. The molecule has 1 aromatic rings. The minimum Gasteiger partial charge on any atom is -0.310 e. The summed E-state index contributed by atoms with van der Waals surface area (Å²) in [5.74, 6) is 0.0505. The van der Waals surface area contributed by atoms with Crippen LogP contribution in [0.1, 0.15) is 44.6 Å². The normalized spacial score (nSPS) is 16.7. The van der Waals surface area contributed by atoms with Crippen LogP contribution in [0.4, 0.5) is 10.1 Å². The maximum absolute atomic E-state index is 14.0. The van der Waals surface area contributed by atoms with Gasteiger partial charge in [0.1, 0.15) is 5.82 Å². The molecule has 1 heterocycles. The molecular weight excluding hydrogens is 217 g/mol. The van der Waals surface area contributed by atoms with E-state index in [1.807, 2.05) is 19.9 Å². The van der Waals surface area contributed by atoms with Crippen molar-refractivity contribution in [3.05, 3.63) is 29.6 Å². The van der Waals surface area contributed by atoms with Gasteiger partial charge in [0.2, 0.25) is 5.91 Å². The number of halogens is 1. The van der Waals surface area contributed by atoms with Gasteiger partial charge in [-0.1, -0.05) is 19.9 Å². The summed E-state index contributed by atoms with van der Waals surface area (Å²) in [7, 11) is 0. The highest BCUT2D eigenvalue weighted by Crippen LogP contribution is 2.27. The Labute approximate surface area is 101 Å². The highest BCUT2D eigenvalue weighted by Gasteiger charge is 2.22. The van der Waals surface area contributed by atoms with Gasteiger partial charge in [0.15, 0.2) is 0 Å². The summed E-state index contributed by atoms with van der Waals surface area (Å²) in [6.45, 7) is 4.69. The van der Waals surface area contributed by atoms with Crippen LogP contribution < -0.4 is 4.90 Å². The van der Waals surface area contributed by atoms with Crippen molar-refractivity contribution in [2.45, 2.75) is 39.0 Å². The van der Waals surface area contributed by atoms with Gasteiger partial charge in [0.25, 0.3) is 0 Å². The number of carbonyl (C=O) groups excluding carboxylic acids is 1. The molecular formula is C14H18FNO. The van der Waals surface area contributed by atoms with E-state index < -0.39 is 0 Å². The third kappa shape index (κ3) is 2.48. The first-order chi connectivity index (χ1) is 8.09. The largest absolute Gasteiger partial charge is 0.310 e. The monoisotopic (exact) mass is 235 g/mol. The lowest BCUT2D eigenvalue weighted by molar-refractivity contribution is -0.119. The number of anilines is 1. The van der Waals surface area contributed by atoms with Crippen molar-refractivity contribution in [2.75, 3.05) is 11.4 Å². The van der Waals surface area contributed by atoms with Gasteiger partial charge in [-0.2, -0.15) is 0 Å². The lowest BCUT2D eigenvalue weighted by atomic mass is 10.0. The fourth-order valence-electron chi connectivity index (χ4n) is 2.16. The third-order valence-corrected chi connectivity index (χ3v) is 3.25. The van der Waals surface area contributed by atoms with Gasteiger partial charge in [0.05, 0.1) is 5.69 Å². The first-order valence-electron chi connectivity index (χ1n) is 6.19. The number of hydrogen-bond acceptors (Lipinski definition) is 1. The van der Waals surface area contributed by atoms with Crippen LogP contribution in [0.25, 0.3) is 0 Å². The maximum atomic E-state index is 14.0. The SMILES string of the molecule is CC(C)c1ccc(N2CCCCC2=O)c(F)c1. The molecule has 0 atom stereocenters. The lowest BCUT2D eigenvalue weighted by Crippen LogP contribution is -2.35. The molecule has 1 amide bonds. The van der Waals surface area contributed by atoms with E-state index in [1.165, 1.54) is 0 Å². The number of nitrogens with zero attached hydrogens (tertiary/aromatic N) is 1. The van der Waals surface area contributed by atoms with Crippen molar-refractivity contribution in [2.24, 2.45) is 0 Å². The summed E-state index contributed by atoms with van der Waals surface area (Å²) in [6, 6.07) is 5.18. The van der Waals surface area contributed by atoms with E-state index in [2.05, 4.69) is 0 Å². The molecule has 0 unspecified atom stereocenters. The van der Waals surface area contributed by atoms with E-state index in [0.717, 1.165) is 18.4 Å². The van der Waals surface area contributed by atoms with Gasteiger partial charge < -0.3 is 4.90 Å². The Kier molecular flexibility index (Phi) is 3.46. The van der Waals surface area contributed by atoms with Crippen molar-refractivity contribution in [3.8, 4) is 0 Å². The number of rotatable bonds is 2. The zero-order chi connectivity index (χ0) is 12.4. The zero-order valence-electron chi connectivity index (χ0n) is 10.4. The van der Waals surface area contributed by atoms with Crippen LogP contribution in [0.3, 0.4) is 0 Å². The summed E-state index contributed by atoms with van der Waals surface area (Å²) in [4.78, 5) is 13.3. The maximum Gasteiger partial charge on any atom is 0.227 e. The van der Waals surface area contributed by atoms with Crippen LogP contribution in [-0.2, 0) is 4.79 Å². The van der Waals surface area contributed by atoms with Gasteiger partial charge in [-0.15, -0.1) is 0 Å². The van der Waals surface area contributed by atoms with Crippen LogP contribution in [0.2, 0.25) is 0 Å². The van der Waals surface area contributed by atoms with Crippen LogP contribution in [0, 0.1) is 5.82 Å². The highest BCUT2D eigenvalue weighted by atomic mass is 19.1. The Morgan fingerprint density at radius 3 is 2.65 bits per heavy atom. The molecule has 0 aliphatic carbocycles. The summed E-state index contributed by atoms with van der Waals surface area (Å²) in [5, 5.41) is 0. The van der Waals surface area contributed by atoms with Gasteiger partial charge in [-0.25, -0.2) is 4.39 Å². The molecule has 1 fully saturated rings. The van der Waals surface area contributed by atoms with Crippen molar-refractivity contribution in [1.82, 2.24) is 0 Å². The summed E-state index contributed by atoms with van der Waals surface area (Å²) in [5.41, 5.74) is 1.40. The molecule has 1 saturated heterocycles. The second kappa shape index (κ2) is 4.86. The van der Waals surface area contributed by atoms with Crippen molar-refractivity contribution < 1.29 is 9.18 Å². The molecule has 2 rings (SSSR count). The fourth-order valence-corrected chi connectivity index (χ4v) is 2.16. The van der Waals surface area contributed by atoms with Gasteiger partial charge in [-0.3, -0.25) is 4.79 Å². The molecule has 0 spiro atoms. The molecule has 0 saturated carbocycles. The Morgan fingerprint density at radius 2 is 2.06 bits per heavy atom. The third-order valence-electron chi connectivity index (χ3n) is 3.25. The van der Waals surface area contributed by atoms with Crippen LogP contribution in [0.5, 0.6) is 0 Å². The number of hydrogen-bond donors (Lipinski definition) is 0. The van der Waals surface area contributed by atoms with Crippen molar-refractivity contribution in [1.29, 1.82) is 0 Å². The molecule has 1 aliphatic rings. The molecule has 1 aromatic carbocycles. The topological polar surface area (TPSA) is 20.3 Å². The van der Waals surface area contributed by atoms with Crippen LogP contribution >= 0.6 is 0 Å². The van der Waals surface area contributed by atoms with Crippen LogP contribution in [0.15, 0.2) is 18.2 Å². The first kappa shape index (κ1) is 12.1. The van der Waals surface area contributed by atoms with Crippen LogP contribution in [-0.4, -0.2) is 12.5 Å².